The Balaban J connectivity index is 3.16. The molecule has 0 aliphatic carbocycles. The van der Waals surface area contributed by atoms with Crippen molar-refractivity contribution >= 4 is 11.8 Å². The first-order chi connectivity index (χ1) is 5.59. The van der Waals surface area contributed by atoms with Crippen molar-refractivity contribution in [3.8, 4) is 0 Å². The number of likely N-dealkylation sites (tertiary alicyclic amines) is 1. The van der Waals surface area contributed by atoms with Crippen LogP contribution >= 0.6 is 0 Å². The number of likely N-dealkylation sites (N-methyl/N-ethyl adjacent to an activating group) is 1. The van der Waals surface area contributed by atoms with Gasteiger partial charge in [0.1, 0.15) is 0 Å². The number of allylic oxidation sites excluding steroid dienone is 2. The lowest BCUT2D eigenvalue weighted by Gasteiger charge is -2.01. The lowest BCUT2D eigenvalue weighted by molar-refractivity contribution is -0.134. The van der Waals surface area contributed by atoms with Gasteiger partial charge >= 0.3 is 0 Å². The first-order valence-electron chi connectivity index (χ1n) is 3.44. The lowest BCUT2D eigenvalue weighted by Crippen LogP contribution is -2.24. The van der Waals surface area contributed by atoms with Gasteiger partial charge in [0.15, 0.2) is 0 Å². The maximum absolute atomic E-state index is 11.2. The SMILES string of the molecule is C=C/C=C1\C(=C)C(=O)N(C)C1=O. The van der Waals surface area contributed by atoms with E-state index in [1.807, 2.05) is 0 Å². The van der Waals surface area contributed by atoms with E-state index in [0.29, 0.717) is 5.57 Å². The van der Waals surface area contributed by atoms with Gasteiger partial charge in [0, 0.05) is 12.6 Å². The highest BCUT2D eigenvalue weighted by Crippen LogP contribution is 2.21. The molecule has 62 valence electrons. The highest BCUT2D eigenvalue weighted by Gasteiger charge is 2.33. The van der Waals surface area contributed by atoms with Crippen molar-refractivity contribution in [3.63, 3.8) is 0 Å². The summed E-state index contributed by atoms with van der Waals surface area (Å²) in [7, 11) is 1.43. The van der Waals surface area contributed by atoms with E-state index >= 15 is 0 Å². The predicted octanol–water partition coefficient (Wildman–Crippen LogP) is 0.654. The number of hydrogen-bond donors (Lipinski definition) is 0. The smallest absolute Gasteiger partial charge is 0.261 e. The van der Waals surface area contributed by atoms with Gasteiger partial charge in [-0.3, -0.25) is 14.5 Å². The Morgan fingerprint density at radius 3 is 2.25 bits per heavy atom. The summed E-state index contributed by atoms with van der Waals surface area (Å²) in [5, 5.41) is 0. The van der Waals surface area contributed by atoms with E-state index in [1.165, 1.54) is 19.2 Å². The van der Waals surface area contributed by atoms with Gasteiger partial charge in [-0.05, 0) is 6.08 Å². The zero-order chi connectivity index (χ0) is 9.30. The van der Waals surface area contributed by atoms with Gasteiger partial charge in [-0.25, -0.2) is 0 Å². The summed E-state index contributed by atoms with van der Waals surface area (Å²) in [6.07, 6.45) is 2.96. The molecule has 0 unspecified atom stereocenters. The quantitative estimate of drug-likeness (QED) is 0.420. The average Bonchev–Trinajstić information content (AvgIpc) is 2.23. The Bertz CT molecular complexity index is 312. The molecule has 2 amide bonds. The van der Waals surface area contributed by atoms with Crippen LogP contribution in [0.1, 0.15) is 0 Å². The van der Waals surface area contributed by atoms with Crippen LogP contribution in [0.5, 0.6) is 0 Å². The van der Waals surface area contributed by atoms with E-state index in [-0.39, 0.29) is 17.4 Å². The molecule has 1 aliphatic rings. The minimum absolute atomic E-state index is 0.238. The maximum atomic E-state index is 11.2. The fourth-order valence-corrected chi connectivity index (χ4v) is 1.01. The molecule has 0 radical (unpaired) electrons. The van der Waals surface area contributed by atoms with Gasteiger partial charge in [0.2, 0.25) is 0 Å². The monoisotopic (exact) mass is 163 g/mol. The second-order valence-corrected chi connectivity index (χ2v) is 2.46. The first-order valence-corrected chi connectivity index (χ1v) is 3.44. The summed E-state index contributed by atoms with van der Waals surface area (Å²) in [5.74, 6) is -0.655. The van der Waals surface area contributed by atoms with Crippen molar-refractivity contribution in [2.24, 2.45) is 0 Å². The fourth-order valence-electron chi connectivity index (χ4n) is 1.01. The van der Waals surface area contributed by atoms with Crippen molar-refractivity contribution in [2.75, 3.05) is 7.05 Å². The molecule has 0 spiro atoms. The van der Waals surface area contributed by atoms with Crippen molar-refractivity contribution in [1.82, 2.24) is 4.90 Å². The van der Waals surface area contributed by atoms with Gasteiger partial charge < -0.3 is 0 Å². The van der Waals surface area contributed by atoms with E-state index in [4.69, 9.17) is 0 Å². The normalized spacial score (nSPS) is 20.9. The molecule has 0 N–H and O–H groups in total. The summed E-state index contributed by atoms with van der Waals surface area (Å²) >= 11 is 0. The summed E-state index contributed by atoms with van der Waals surface area (Å²) in [6, 6.07) is 0. The van der Waals surface area contributed by atoms with Crippen molar-refractivity contribution in [2.45, 2.75) is 0 Å². The molecule has 1 heterocycles. The van der Waals surface area contributed by atoms with Crippen LogP contribution in [-0.2, 0) is 9.59 Å². The zero-order valence-electron chi connectivity index (χ0n) is 6.83. The number of carbonyl (C=O) groups is 2. The van der Waals surface area contributed by atoms with Crippen molar-refractivity contribution in [3.05, 3.63) is 36.5 Å². The molecule has 0 bridgehead atoms. The number of amides is 2. The average molecular weight is 163 g/mol. The van der Waals surface area contributed by atoms with E-state index in [1.54, 1.807) is 0 Å². The minimum Gasteiger partial charge on any atom is -0.277 e. The van der Waals surface area contributed by atoms with Crippen LogP contribution < -0.4 is 0 Å². The van der Waals surface area contributed by atoms with Gasteiger partial charge in [0.25, 0.3) is 11.8 Å². The van der Waals surface area contributed by atoms with Crippen LogP contribution in [0.3, 0.4) is 0 Å². The molecule has 3 nitrogen and oxygen atoms in total. The summed E-state index contributed by atoms with van der Waals surface area (Å²) in [5.41, 5.74) is 0.569. The van der Waals surface area contributed by atoms with Crippen LogP contribution in [-0.4, -0.2) is 23.8 Å². The van der Waals surface area contributed by atoms with Crippen molar-refractivity contribution < 1.29 is 9.59 Å². The zero-order valence-corrected chi connectivity index (χ0v) is 6.83. The highest BCUT2D eigenvalue weighted by atomic mass is 16.2. The second kappa shape index (κ2) is 2.77. The van der Waals surface area contributed by atoms with Gasteiger partial charge in [-0.2, -0.15) is 0 Å². The molecule has 3 heteroatoms. The Labute approximate surface area is 70.7 Å². The summed E-state index contributed by atoms with van der Waals surface area (Å²) < 4.78 is 0. The molecule has 1 fully saturated rings. The predicted molar refractivity (Wildman–Crippen MR) is 45.2 cm³/mol. The van der Waals surface area contributed by atoms with Crippen LogP contribution in [0.4, 0.5) is 0 Å². The summed E-state index contributed by atoms with van der Waals surface area (Å²) in [6.45, 7) is 6.95. The number of hydrogen-bond acceptors (Lipinski definition) is 2. The Hall–Kier alpha value is -1.64. The molecule has 1 saturated heterocycles. The number of imide groups is 1. The Morgan fingerprint density at radius 1 is 1.33 bits per heavy atom. The van der Waals surface area contributed by atoms with E-state index < -0.39 is 0 Å². The third-order valence-corrected chi connectivity index (χ3v) is 1.71. The van der Waals surface area contributed by atoms with Gasteiger partial charge in [-0.15, -0.1) is 0 Å². The molecule has 0 aromatic heterocycles. The van der Waals surface area contributed by atoms with E-state index in [9.17, 15) is 9.59 Å². The molecule has 0 saturated carbocycles. The van der Waals surface area contributed by atoms with E-state index in [2.05, 4.69) is 13.2 Å². The fraction of sp³-hybridized carbons (Fsp3) is 0.111. The van der Waals surface area contributed by atoms with Gasteiger partial charge in [-0.1, -0.05) is 19.2 Å². The van der Waals surface area contributed by atoms with E-state index in [0.717, 1.165) is 4.90 Å². The Kier molecular flexibility index (Phi) is 1.95. The molecule has 12 heavy (non-hydrogen) atoms. The second-order valence-electron chi connectivity index (χ2n) is 2.46. The topological polar surface area (TPSA) is 37.4 Å². The third kappa shape index (κ3) is 0.993. The van der Waals surface area contributed by atoms with Crippen molar-refractivity contribution in [1.29, 1.82) is 0 Å². The number of carbonyl (C=O) groups excluding carboxylic acids is 2. The molecular weight excluding hydrogens is 154 g/mol. The standard InChI is InChI=1S/C9H9NO2/c1-4-5-7-6(2)8(11)10(3)9(7)12/h4-5H,1-2H2,3H3/b7-5+. The largest absolute Gasteiger partial charge is 0.277 e. The van der Waals surface area contributed by atoms with Crippen LogP contribution in [0.25, 0.3) is 0 Å². The van der Waals surface area contributed by atoms with Crippen LogP contribution in [0.15, 0.2) is 36.5 Å². The first kappa shape index (κ1) is 8.46. The highest BCUT2D eigenvalue weighted by molar-refractivity contribution is 6.24. The molecule has 1 rings (SSSR count). The van der Waals surface area contributed by atoms with Crippen LogP contribution in [0.2, 0.25) is 0 Å². The molecule has 0 aromatic rings. The molecule has 1 aliphatic heterocycles. The van der Waals surface area contributed by atoms with Gasteiger partial charge in [0.05, 0.1) is 5.57 Å². The lowest BCUT2D eigenvalue weighted by atomic mass is 10.1. The Morgan fingerprint density at radius 2 is 1.92 bits per heavy atom. The maximum Gasteiger partial charge on any atom is 0.261 e. The third-order valence-electron chi connectivity index (χ3n) is 1.71. The molecule has 0 aromatic carbocycles. The summed E-state index contributed by atoms with van der Waals surface area (Å²) in [4.78, 5) is 23.4. The van der Waals surface area contributed by atoms with Crippen LogP contribution in [0, 0.1) is 0 Å². The molecular formula is C9H9NO2. The number of nitrogens with zero attached hydrogens (tertiary/aromatic N) is 1. The minimum atomic E-state index is -0.340. The molecule has 0 atom stereocenters. The number of rotatable bonds is 1.